The molecule has 3 nitrogen and oxygen atoms in total. The van der Waals surface area contributed by atoms with Crippen molar-refractivity contribution in [3.05, 3.63) is 0 Å². The van der Waals surface area contributed by atoms with Crippen LogP contribution in [-0.2, 0) is 4.74 Å². The second-order valence-corrected chi connectivity index (χ2v) is 4.93. The zero-order valence-corrected chi connectivity index (χ0v) is 11.3. The number of methoxy groups -OCH3 is 1. The first-order valence-electron chi connectivity index (χ1n) is 6.63. The zero-order chi connectivity index (χ0) is 12.2. The van der Waals surface area contributed by atoms with Gasteiger partial charge in [0.05, 0.1) is 6.61 Å². The number of hydrogen-bond acceptors (Lipinski definition) is 3. The van der Waals surface area contributed by atoms with Gasteiger partial charge in [0.1, 0.15) is 0 Å². The van der Waals surface area contributed by atoms with Gasteiger partial charge in [-0.25, -0.2) is 0 Å². The van der Waals surface area contributed by atoms with Gasteiger partial charge in [-0.05, 0) is 38.3 Å². The second kappa shape index (κ2) is 11.4. The van der Waals surface area contributed by atoms with Crippen molar-refractivity contribution in [3.8, 4) is 0 Å². The van der Waals surface area contributed by atoms with Gasteiger partial charge in [0.15, 0.2) is 0 Å². The zero-order valence-electron chi connectivity index (χ0n) is 11.3. The number of hydrogen-bond donors (Lipinski definition) is 2. The molecule has 16 heavy (non-hydrogen) atoms. The molecule has 0 radical (unpaired) electrons. The Morgan fingerprint density at radius 3 is 2.44 bits per heavy atom. The summed E-state index contributed by atoms with van der Waals surface area (Å²) in [6.07, 6.45) is 6.11. The molecule has 0 aromatic carbocycles. The number of rotatable bonds is 11. The summed E-state index contributed by atoms with van der Waals surface area (Å²) in [5, 5.41) is 3.55. The Morgan fingerprint density at radius 1 is 1.12 bits per heavy atom. The molecule has 0 heterocycles. The maximum atomic E-state index is 5.51. The molecule has 1 atom stereocenters. The average Bonchev–Trinajstić information content (AvgIpc) is 2.24. The molecule has 0 aromatic heterocycles. The van der Waals surface area contributed by atoms with E-state index in [1.165, 1.54) is 19.3 Å². The molecule has 0 bridgehead atoms. The van der Waals surface area contributed by atoms with Crippen LogP contribution >= 0.6 is 0 Å². The molecule has 0 aliphatic heterocycles. The van der Waals surface area contributed by atoms with Gasteiger partial charge in [-0.2, -0.15) is 0 Å². The van der Waals surface area contributed by atoms with Gasteiger partial charge in [-0.3, -0.25) is 0 Å². The van der Waals surface area contributed by atoms with Gasteiger partial charge in [0.2, 0.25) is 0 Å². The van der Waals surface area contributed by atoms with E-state index in [1.807, 2.05) is 0 Å². The highest BCUT2D eigenvalue weighted by atomic mass is 16.5. The van der Waals surface area contributed by atoms with Crippen LogP contribution in [0.3, 0.4) is 0 Å². The van der Waals surface area contributed by atoms with E-state index in [0.29, 0.717) is 6.04 Å². The maximum absolute atomic E-state index is 5.51. The van der Waals surface area contributed by atoms with Crippen molar-refractivity contribution in [3.63, 3.8) is 0 Å². The van der Waals surface area contributed by atoms with Crippen LogP contribution in [0, 0.1) is 5.92 Å². The predicted octanol–water partition coefficient (Wildman–Crippen LogP) is 2.16. The van der Waals surface area contributed by atoms with Crippen molar-refractivity contribution in [2.75, 3.05) is 26.8 Å². The van der Waals surface area contributed by atoms with E-state index >= 15 is 0 Å². The Balaban J connectivity index is 3.43. The van der Waals surface area contributed by atoms with Gasteiger partial charge in [0, 0.05) is 13.2 Å². The Bertz CT molecular complexity index is 140. The predicted molar refractivity (Wildman–Crippen MR) is 70.6 cm³/mol. The molecule has 0 saturated carbocycles. The minimum atomic E-state index is 0.479. The van der Waals surface area contributed by atoms with Gasteiger partial charge in [-0.15, -0.1) is 0 Å². The average molecular weight is 230 g/mol. The highest BCUT2D eigenvalue weighted by molar-refractivity contribution is 4.66. The van der Waals surface area contributed by atoms with Crippen LogP contribution in [0.5, 0.6) is 0 Å². The van der Waals surface area contributed by atoms with Crippen molar-refractivity contribution in [2.45, 2.75) is 52.0 Å². The molecular weight excluding hydrogens is 200 g/mol. The van der Waals surface area contributed by atoms with Crippen molar-refractivity contribution in [1.82, 2.24) is 5.32 Å². The first-order valence-corrected chi connectivity index (χ1v) is 6.63. The van der Waals surface area contributed by atoms with Gasteiger partial charge in [-0.1, -0.05) is 26.7 Å². The van der Waals surface area contributed by atoms with Crippen molar-refractivity contribution >= 4 is 0 Å². The molecule has 3 N–H and O–H groups in total. The van der Waals surface area contributed by atoms with Crippen LogP contribution in [0.4, 0.5) is 0 Å². The summed E-state index contributed by atoms with van der Waals surface area (Å²) < 4.78 is 5.19. The van der Waals surface area contributed by atoms with E-state index in [0.717, 1.165) is 38.5 Å². The molecule has 98 valence electrons. The highest BCUT2D eigenvalue weighted by Crippen LogP contribution is 2.05. The van der Waals surface area contributed by atoms with E-state index in [4.69, 9.17) is 10.5 Å². The summed E-state index contributed by atoms with van der Waals surface area (Å²) in [6, 6.07) is 0.479. The molecule has 0 aromatic rings. The Hall–Kier alpha value is -0.120. The topological polar surface area (TPSA) is 47.3 Å². The quantitative estimate of drug-likeness (QED) is 0.535. The smallest absolute Gasteiger partial charge is 0.0615 e. The Morgan fingerprint density at radius 2 is 1.88 bits per heavy atom. The van der Waals surface area contributed by atoms with E-state index < -0.39 is 0 Å². The van der Waals surface area contributed by atoms with Gasteiger partial charge < -0.3 is 15.8 Å². The fourth-order valence-corrected chi connectivity index (χ4v) is 1.79. The summed E-state index contributed by atoms with van der Waals surface area (Å²) in [4.78, 5) is 0. The van der Waals surface area contributed by atoms with E-state index in [1.54, 1.807) is 7.11 Å². The monoisotopic (exact) mass is 230 g/mol. The third kappa shape index (κ3) is 10.4. The molecule has 0 fully saturated rings. The molecule has 0 aliphatic rings. The van der Waals surface area contributed by atoms with Crippen LogP contribution in [-0.4, -0.2) is 32.8 Å². The second-order valence-electron chi connectivity index (χ2n) is 4.93. The minimum Gasteiger partial charge on any atom is -0.383 e. The molecule has 0 aliphatic carbocycles. The van der Waals surface area contributed by atoms with Gasteiger partial charge in [0.25, 0.3) is 0 Å². The number of nitrogens with two attached hydrogens (primary N) is 1. The summed E-state index contributed by atoms with van der Waals surface area (Å²) >= 11 is 0. The van der Waals surface area contributed by atoms with Crippen molar-refractivity contribution in [1.29, 1.82) is 0 Å². The van der Waals surface area contributed by atoms with Crippen LogP contribution in [0.25, 0.3) is 0 Å². The molecule has 0 spiro atoms. The highest BCUT2D eigenvalue weighted by Gasteiger charge is 2.06. The standard InChI is InChI=1S/C13H30N2O/c1-12(2)7-4-5-10-15-13(11-16-3)8-6-9-14/h12-13,15H,4-11,14H2,1-3H3. The first-order chi connectivity index (χ1) is 7.70. The molecular formula is C13H30N2O. The molecule has 1 unspecified atom stereocenters. The number of unbranched alkanes of at least 4 members (excludes halogenated alkanes) is 1. The summed E-state index contributed by atoms with van der Waals surface area (Å²) in [7, 11) is 1.76. The van der Waals surface area contributed by atoms with Crippen LogP contribution in [0.15, 0.2) is 0 Å². The number of nitrogens with one attached hydrogen (secondary N) is 1. The fraction of sp³-hybridized carbons (Fsp3) is 1.00. The third-order valence-corrected chi connectivity index (χ3v) is 2.77. The summed E-state index contributed by atoms with van der Waals surface area (Å²) in [5.41, 5.74) is 5.51. The van der Waals surface area contributed by atoms with Crippen molar-refractivity contribution in [2.24, 2.45) is 11.7 Å². The van der Waals surface area contributed by atoms with Crippen molar-refractivity contribution < 1.29 is 4.74 Å². The van der Waals surface area contributed by atoms with Gasteiger partial charge >= 0.3 is 0 Å². The van der Waals surface area contributed by atoms with E-state index in [-0.39, 0.29) is 0 Å². The van der Waals surface area contributed by atoms with E-state index in [9.17, 15) is 0 Å². The molecule has 3 heteroatoms. The Labute approximate surface area is 101 Å². The lowest BCUT2D eigenvalue weighted by Crippen LogP contribution is -2.34. The SMILES string of the molecule is COCC(CCCN)NCCCCC(C)C. The Kier molecular flexibility index (Phi) is 11.3. The fourth-order valence-electron chi connectivity index (χ4n) is 1.79. The van der Waals surface area contributed by atoms with Crippen LogP contribution < -0.4 is 11.1 Å². The van der Waals surface area contributed by atoms with Crippen LogP contribution in [0.2, 0.25) is 0 Å². The minimum absolute atomic E-state index is 0.479. The van der Waals surface area contributed by atoms with E-state index in [2.05, 4.69) is 19.2 Å². The normalized spacial score (nSPS) is 13.3. The third-order valence-electron chi connectivity index (χ3n) is 2.77. The largest absolute Gasteiger partial charge is 0.383 e. The first kappa shape index (κ1) is 15.9. The summed E-state index contributed by atoms with van der Waals surface area (Å²) in [5.74, 6) is 0.826. The lowest BCUT2D eigenvalue weighted by molar-refractivity contribution is 0.161. The lowest BCUT2D eigenvalue weighted by Gasteiger charge is -2.17. The summed E-state index contributed by atoms with van der Waals surface area (Å²) in [6.45, 7) is 7.23. The maximum Gasteiger partial charge on any atom is 0.0615 e. The van der Waals surface area contributed by atoms with Crippen LogP contribution in [0.1, 0.15) is 46.0 Å². The lowest BCUT2D eigenvalue weighted by atomic mass is 10.1. The molecule has 0 amide bonds. The molecule has 0 rings (SSSR count). The number of ether oxygens (including phenoxy) is 1. The molecule has 0 saturated heterocycles.